The van der Waals surface area contributed by atoms with Crippen molar-refractivity contribution in [3.8, 4) is 5.75 Å². The van der Waals surface area contributed by atoms with E-state index in [9.17, 15) is 9.59 Å². The van der Waals surface area contributed by atoms with Gasteiger partial charge in [-0.05, 0) is 55.7 Å². The van der Waals surface area contributed by atoms with Crippen LogP contribution in [-0.4, -0.2) is 35.4 Å². The summed E-state index contributed by atoms with van der Waals surface area (Å²) in [4.78, 5) is 28.5. The van der Waals surface area contributed by atoms with Crippen LogP contribution in [0.15, 0.2) is 72.8 Å². The molecule has 0 saturated heterocycles. The Morgan fingerprint density at radius 2 is 1.60 bits per heavy atom. The minimum Gasteiger partial charge on any atom is -0.484 e. The molecule has 35 heavy (non-hydrogen) atoms. The molecule has 0 heterocycles. The van der Waals surface area contributed by atoms with Crippen LogP contribution in [0.2, 0.25) is 10.0 Å². The molecule has 0 aliphatic rings. The van der Waals surface area contributed by atoms with E-state index in [1.165, 1.54) is 0 Å². The first-order valence-electron chi connectivity index (χ1n) is 11.5. The summed E-state index contributed by atoms with van der Waals surface area (Å²) in [5.41, 5.74) is 2.64. The minimum atomic E-state index is -0.748. The second-order valence-electron chi connectivity index (χ2n) is 8.69. The zero-order valence-corrected chi connectivity index (χ0v) is 21.6. The lowest BCUT2D eigenvalue weighted by molar-refractivity contribution is -0.143. The van der Waals surface area contributed by atoms with E-state index in [1.54, 1.807) is 23.1 Å². The summed E-state index contributed by atoms with van der Waals surface area (Å²) in [7, 11) is 0. The molecular weight excluding hydrogens is 483 g/mol. The average Bonchev–Trinajstić information content (AvgIpc) is 2.83. The van der Waals surface area contributed by atoms with Crippen molar-refractivity contribution in [1.29, 1.82) is 0 Å². The van der Waals surface area contributed by atoms with Gasteiger partial charge in [-0.15, -0.1) is 0 Å². The number of amides is 2. The van der Waals surface area contributed by atoms with Gasteiger partial charge in [-0.2, -0.15) is 0 Å². The first kappa shape index (κ1) is 26.6. The summed E-state index contributed by atoms with van der Waals surface area (Å²) >= 11 is 12.3. The Bertz CT molecular complexity index is 1150. The van der Waals surface area contributed by atoms with Crippen LogP contribution in [-0.2, 0) is 22.6 Å². The second kappa shape index (κ2) is 12.6. The van der Waals surface area contributed by atoms with Crippen LogP contribution in [0, 0.1) is 6.92 Å². The van der Waals surface area contributed by atoms with Gasteiger partial charge in [0.25, 0.3) is 5.91 Å². The Hall–Kier alpha value is -3.02. The van der Waals surface area contributed by atoms with E-state index >= 15 is 0 Å². The second-order valence-corrected chi connectivity index (χ2v) is 9.51. The third kappa shape index (κ3) is 7.74. The van der Waals surface area contributed by atoms with Crippen molar-refractivity contribution in [3.63, 3.8) is 0 Å². The molecule has 0 aliphatic heterocycles. The summed E-state index contributed by atoms with van der Waals surface area (Å²) in [5, 5.41) is 3.78. The molecule has 184 valence electrons. The standard InChI is InChI=1S/C28H30Cl2N2O3/c1-19(2)31-28(34)25(16-21-10-5-4-6-11-21)32(17-22-13-14-23(29)24(30)15-22)27(33)18-35-26-12-8-7-9-20(26)3/h4-15,19,25H,16-18H2,1-3H3,(H,31,34)/t25-/m0/s1. The van der Waals surface area contributed by atoms with E-state index in [0.29, 0.717) is 22.2 Å². The van der Waals surface area contributed by atoms with E-state index in [0.717, 1.165) is 16.7 Å². The Morgan fingerprint density at radius 1 is 0.914 bits per heavy atom. The largest absolute Gasteiger partial charge is 0.484 e. The van der Waals surface area contributed by atoms with Gasteiger partial charge in [0.2, 0.25) is 5.91 Å². The van der Waals surface area contributed by atoms with E-state index < -0.39 is 6.04 Å². The number of carbonyl (C=O) groups excluding carboxylic acids is 2. The highest BCUT2D eigenvalue weighted by Crippen LogP contribution is 2.24. The summed E-state index contributed by atoms with van der Waals surface area (Å²) < 4.78 is 5.85. The number of aryl methyl sites for hydroxylation is 1. The van der Waals surface area contributed by atoms with Crippen LogP contribution in [0.25, 0.3) is 0 Å². The van der Waals surface area contributed by atoms with Gasteiger partial charge in [0.15, 0.2) is 6.61 Å². The topological polar surface area (TPSA) is 58.6 Å². The number of carbonyl (C=O) groups is 2. The third-order valence-electron chi connectivity index (χ3n) is 5.48. The lowest BCUT2D eigenvalue weighted by atomic mass is 10.0. The van der Waals surface area contributed by atoms with Gasteiger partial charge < -0.3 is 15.0 Å². The molecule has 0 bridgehead atoms. The number of halogens is 2. The Labute approximate surface area is 217 Å². The summed E-state index contributed by atoms with van der Waals surface area (Å²) in [6, 6.07) is 21.5. The molecule has 5 nitrogen and oxygen atoms in total. The number of nitrogens with zero attached hydrogens (tertiary/aromatic N) is 1. The van der Waals surface area contributed by atoms with Gasteiger partial charge >= 0.3 is 0 Å². The van der Waals surface area contributed by atoms with Gasteiger partial charge in [-0.1, -0.05) is 77.8 Å². The van der Waals surface area contributed by atoms with Crippen molar-refractivity contribution in [2.75, 3.05) is 6.61 Å². The maximum atomic E-state index is 13.6. The van der Waals surface area contributed by atoms with Crippen molar-refractivity contribution in [3.05, 3.63) is 99.5 Å². The minimum absolute atomic E-state index is 0.0779. The molecule has 0 aromatic heterocycles. The summed E-state index contributed by atoms with van der Waals surface area (Å²) in [5.74, 6) is 0.0916. The quantitative estimate of drug-likeness (QED) is 0.370. The number of benzene rings is 3. The highest BCUT2D eigenvalue weighted by atomic mass is 35.5. The fraction of sp³-hybridized carbons (Fsp3) is 0.286. The summed E-state index contributed by atoms with van der Waals surface area (Å²) in [6.07, 6.45) is 0.358. The fourth-order valence-corrected chi connectivity index (χ4v) is 4.03. The van der Waals surface area contributed by atoms with Gasteiger partial charge in [0.05, 0.1) is 10.0 Å². The molecule has 0 unspecified atom stereocenters. The Kier molecular flexibility index (Phi) is 9.58. The van der Waals surface area contributed by atoms with Crippen molar-refractivity contribution >= 4 is 35.0 Å². The molecule has 0 fully saturated rings. The number of ether oxygens (including phenoxy) is 1. The monoisotopic (exact) mass is 512 g/mol. The fourth-order valence-electron chi connectivity index (χ4n) is 3.71. The van der Waals surface area contributed by atoms with Gasteiger partial charge in [-0.25, -0.2) is 0 Å². The molecule has 1 atom stereocenters. The smallest absolute Gasteiger partial charge is 0.261 e. The predicted molar refractivity (Wildman–Crippen MR) is 141 cm³/mol. The third-order valence-corrected chi connectivity index (χ3v) is 6.22. The lowest BCUT2D eigenvalue weighted by Gasteiger charge is -2.32. The Morgan fingerprint density at radius 3 is 2.26 bits per heavy atom. The maximum Gasteiger partial charge on any atom is 0.261 e. The zero-order valence-electron chi connectivity index (χ0n) is 20.1. The van der Waals surface area contributed by atoms with Crippen LogP contribution in [0.3, 0.4) is 0 Å². The first-order valence-corrected chi connectivity index (χ1v) is 12.3. The molecule has 3 aromatic rings. The highest BCUT2D eigenvalue weighted by molar-refractivity contribution is 6.42. The zero-order chi connectivity index (χ0) is 25.4. The molecule has 0 spiro atoms. The van der Waals surface area contributed by atoms with Gasteiger partial charge in [0, 0.05) is 19.0 Å². The van der Waals surface area contributed by atoms with Crippen LogP contribution in [0.1, 0.15) is 30.5 Å². The highest BCUT2D eigenvalue weighted by Gasteiger charge is 2.31. The first-order chi connectivity index (χ1) is 16.7. The van der Waals surface area contributed by atoms with Gasteiger partial charge in [-0.3, -0.25) is 9.59 Å². The normalized spacial score (nSPS) is 11.7. The maximum absolute atomic E-state index is 13.6. The molecule has 2 amide bonds. The van der Waals surface area contributed by atoms with Crippen molar-refractivity contribution < 1.29 is 14.3 Å². The molecule has 7 heteroatoms. The van der Waals surface area contributed by atoms with Gasteiger partial charge in [0.1, 0.15) is 11.8 Å². The number of hydrogen-bond donors (Lipinski definition) is 1. The van der Waals surface area contributed by atoms with E-state index in [2.05, 4.69) is 5.32 Å². The van der Waals surface area contributed by atoms with Crippen LogP contribution in [0.4, 0.5) is 0 Å². The molecule has 3 rings (SSSR count). The Balaban J connectivity index is 1.93. The number of hydrogen-bond acceptors (Lipinski definition) is 3. The van der Waals surface area contributed by atoms with Crippen molar-refractivity contribution in [2.24, 2.45) is 0 Å². The predicted octanol–water partition coefficient (Wildman–Crippen LogP) is 5.85. The van der Waals surface area contributed by atoms with Crippen molar-refractivity contribution in [2.45, 2.75) is 45.8 Å². The molecule has 0 radical (unpaired) electrons. The average molecular weight is 513 g/mol. The van der Waals surface area contributed by atoms with E-state index in [1.807, 2.05) is 75.4 Å². The van der Waals surface area contributed by atoms with Crippen LogP contribution < -0.4 is 10.1 Å². The van der Waals surface area contributed by atoms with Crippen LogP contribution in [0.5, 0.6) is 5.75 Å². The van der Waals surface area contributed by atoms with E-state index in [4.69, 9.17) is 27.9 Å². The van der Waals surface area contributed by atoms with Crippen LogP contribution >= 0.6 is 23.2 Å². The molecule has 0 aliphatic carbocycles. The molecular formula is C28H30Cl2N2O3. The number of rotatable bonds is 10. The number of para-hydroxylation sites is 1. The molecule has 1 N–H and O–H groups in total. The molecule has 3 aromatic carbocycles. The van der Waals surface area contributed by atoms with Crippen molar-refractivity contribution in [1.82, 2.24) is 10.2 Å². The lowest BCUT2D eigenvalue weighted by Crippen LogP contribution is -2.52. The van der Waals surface area contributed by atoms with E-state index in [-0.39, 0.29) is 31.0 Å². The SMILES string of the molecule is Cc1ccccc1OCC(=O)N(Cc1ccc(Cl)c(Cl)c1)[C@@H](Cc1ccccc1)C(=O)NC(C)C. The molecule has 0 saturated carbocycles. The summed E-state index contributed by atoms with van der Waals surface area (Å²) in [6.45, 7) is 5.68. The number of nitrogens with one attached hydrogen (secondary N) is 1.